The molecule has 2 rings (SSSR count). The van der Waals surface area contributed by atoms with Crippen molar-refractivity contribution in [3.8, 4) is 0 Å². The van der Waals surface area contributed by atoms with E-state index in [1.54, 1.807) is 0 Å². The minimum Gasteiger partial charge on any atom is -0.361 e. The zero-order chi connectivity index (χ0) is 9.97. The zero-order valence-electron chi connectivity index (χ0n) is 8.57. The second-order valence-corrected chi connectivity index (χ2v) is 3.80. The topological polar surface area (TPSA) is 55.3 Å². The SMILES string of the molecule is CCN1CCC(c2cc(CN)no2)C1. The maximum atomic E-state index is 5.48. The Kier molecular flexibility index (Phi) is 2.84. The fourth-order valence-corrected chi connectivity index (χ4v) is 1.97. The Hall–Kier alpha value is -0.870. The summed E-state index contributed by atoms with van der Waals surface area (Å²) in [6.45, 7) is 6.03. The maximum Gasteiger partial charge on any atom is 0.141 e. The summed E-state index contributed by atoms with van der Waals surface area (Å²) in [5.74, 6) is 1.52. The lowest BCUT2D eigenvalue weighted by Crippen LogP contribution is -2.19. The van der Waals surface area contributed by atoms with Crippen LogP contribution in [0.3, 0.4) is 0 Å². The van der Waals surface area contributed by atoms with Gasteiger partial charge in [-0.2, -0.15) is 0 Å². The first-order valence-electron chi connectivity index (χ1n) is 5.21. The van der Waals surface area contributed by atoms with Gasteiger partial charge in [0.15, 0.2) is 0 Å². The lowest BCUT2D eigenvalue weighted by molar-refractivity contribution is 0.328. The molecule has 1 unspecified atom stereocenters. The monoisotopic (exact) mass is 195 g/mol. The van der Waals surface area contributed by atoms with Crippen LogP contribution in [0.4, 0.5) is 0 Å². The lowest BCUT2D eigenvalue weighted by atomic mass is 10.1. The van der Waals surface area contributed by atoms with Crippen molar-refractivity contribution in [1.82, 2.24) is 10.1 Å². The van der Waals surface area contributed by atoms with Gasteiger partial charge in [0.05, 0.1) is 5.69 Å². The first kappa shape index (κ1) is 9.68. The molecule has 1 aliphatic rings. The van der Waals surface area contributed by atoms with E-state index in [0.717, 1.165) is 24.5 Å². The van der Waals surface area contributed by atoms with Gasteiger partial charge in [-0.15, -0.1) is 0 Å². The average molecular weight is 195 g/mol. The van der Waals surface area contributed by atoms with Crippen LogP contribution < -0.4 is 5.73 Å². The second kappa shape index (κ2) is 4.11. The summed E-state index contributed by atoms with van der Waals surface area (Å²) in [4.78, 5) is 2.43. The average Bonchev–Trinajstić information content (AvgIpc) is 2.86. The van der Waals surface area contributed by atoms with E-state index >= 15 is 0 Å². The van der Waals surface area contributed by atoms with Crippen LogP contribution >= 0.6 is 0 Å². The highest BCUT2D eigenvalue weighted by atomic mass is 16.5. The quantitative estimate of drug-likeness (QED) is 0.780. The number of likely N-dealkylation sites (tertiary alicyclic amines) is 1. The number of hydrogen-bond donors (Lipinski definition) is 1. The van der Waals surface area contributed by atoms with E-state index in [-0.39, 0.29) is 0 Å². The molecule has 4 heteroatoms. The van der Waals surface area contributed by atoms with E-state index in [1.807, 2.05) is 6.07 Å². The predicted octanol–water partition coefficient (Wildman–Crippen LogP) is 0.943. The summed E-state index contributed by atoms with van der Waals surface area (Å²) < 4.78 is 5.28. The molecule has 2 heterocycles. The van der Waals surface area contributed by atoms with Crippen molar-refractivity contribution in [3.05, 3.63) is 17.5 Å². The lowest BCUT2D eigenvalue weighted by Gasteiger charge is -2.10. The molecule has 1 aromatic rings. The third kappa shape index (κ3) is 1.81. The molecule has 4 nitrogen and oxygen atoms in total. The third-order valence-electron chi connectivity index (χ3n) is 2.91. The Morgan fingerprint density at radius 1 is 1.71 bits per heavy atom. The van der Waals surface area contributed by atoms with Crippen LogP contribution in [0.2, 0.25) is 0 Å². The van der Waals surface area contributed by atoms with Crippen molar-refractivity contribution < 1.29 is 4.52 Å². The number of likely N-dealkylation sites (N-methyl/N-ethyl adjacent to an activating group) is 1. The van der Waals surface area contributed by atoms with E-state index in [2.05, 4.69) is 17.0 Å². The molecule has 0 aromatic carbocycles. The zero-order valence-corrected chi connectivity index (χ0v) is 8.57. The number of rotatable bonds is 3. The molecule has 0 aliphatic carbocycles. The molecule has 0 bridgehead atoms. The van der Waals surface area contributed by atoms with Crippen molar-refractivity contribution in [2.45, 2.75) is 25.8 Å². The summed E-state index contributed by atoms with van der Waals surface area (Å²) in [5.41, 5.74) is 6.34. The van der Waals surface area contributed by atoms with E-state index in [0.29, 0.717) is 12.5 Å². The Labute approximate surface area is 84.0 Å². The first-order valence-corrected chi connectivity index (χ1v) is 5.21. The van der Waals surface area contributed by atoms with Crippen molar-refractivity contribution in [2.24, 2.45) is 5.73 Å². The molecule has 1 saturated heterocycles. The Balaban J connectivity index is 2.02. The smallest absolute Gasteiger partial charge is 0.141 e. The Bertz CT molecular complexity index is 297. The largest absolute Gasteiger partial charge is 0.361 e. The van der Waals surface area contributed by atoms with Gasteiger partial charge in [0.2, 0.25) is 0 Å². The fraction of sp³-hybridized carbons (Fsp3) is 0.700. The summed E-state index contributed by atoms with van der Waals surface area (Å²) >= 11 is 0. The number of nitrogens with zero attached hydrogens (tertiary/aromatic N) is 2. The molecule has 1 aromatic heterocycles. The molecule has 14 heavy (non-hydrogen) atoms. The molecular weight excluding hydrogens is 178 g/mol. The van der Waals surface area contributed by atoms with Gasteiger partial charge in [0, 0.05) is 25.1 Å². The van der Waals surface area contributed by atoms with Crippen molar-refractivity contribution in [3.63, 3.8) is 0 Å². The number of aromatic nitrogens is 1. The van der Waals surface area contributed by atoms with Crippen molar-refractivity contribution in [1.29, 1.82) is 0 Å². The third-order valence-corrected chi connectivity index (χ3v) is 2.91. The van der Waals surface area contributed by atoms with Crippen LogP contribution in [0.5, 0.6) is 0 Å². The normalized spacial score (nSPS) is 23.1. The second-order valence-electron chi connectivity index (χ2n) is 3.80. The van der Waals surface area contributed by atoms with Crippen LogP contribution in [0.15, 0.2) is 10.6 Å². The van der Waals surface area contributed by atoms with Gasteiger partial charge in [0.25, 0.3) is 0 Å². The summed E-state index contributed by atoms with van der Waals surface area (Å²) in [6.07, 6.45) is 1.17. The summed E-state index contributed by atoms with van der Waals surface area (Å²) in [6, 6.07) is 1.99. The highest BCUT2D eigenvalue weighted by Gasteiger charge is 2.25. The van der Waals surface area contributed by atoms with Gasteiger partial charge in [-0.1, -0.05) is 12.1 Å². The molecule has 0 amide bonds. The summed E-state index contributed by atoms with van der Waals surface area (Å²) in [7, 11) is 0. The fourth-order valence-electron chi connectivity index (χ4n) is 1.97. The summed E-state index contributed by atoms with van der Waals surface area (Å²) in [5, 5.41) is 3.91. The van der Waals surface area contributed by atoms with Crippen LogP contribution in [0.25, 0.3) is 0 Å². The van der Waals surface area contributed by atoms with E-state index in [1.165, 1.54) is 13.0 Å². The molecule has 1 atom stereocenters. The molecule has 0 radical (unpaired) electrons. The molecule has 78 valence electrons. The van der Waals surface area contributed by atoms with E-state index in [4.69, 9.17) is 10.3 Å². The minimum absolute atomic E-state index is 0.466. The molecule has 1 aliphatic heterocycles. The maximum absolute atomic E-state index is 5.48. The highest BCUT2D eigenvalue weighted by molar-refractivity contribution is 5.11. The molecular formula is C10H17N3O. The van der Waals surface area contributed by atoms with Gasteiger partial charge in [-0.25, -0.2) is 0 Å². The number of nitrogens with two attached hydrogens (primary N) is 1. The highest BCUT2D eigenvalue weighted by Crippen LogP contribution is 2.27. The van der Waals surface area contributed by atoms with E-state index < -0.39 is 0 Å². The van der Waals surface area contributed by atoms with Crippen LogP contribution in [0.1, 0.15) is 30.7 Å². The number of hydrogen-bond acceptors (Lipinski definition) is 4. The molecule has 1 fully saturated rings. The van der Waals surface area contributed by atoms with E-state index in [9.17, 15) is 0 Å². The Morgan fingerprint density at radius 2 is 2.57 bits per heavy atom. The van der Waals surface area contributed by atoms with Gasteiger partial charge < -0.3 is 15.2 Å². The molecule has 0 spiro atoms. The van der Waals surface area contributed by atoms with Crippen molar-refractivity contribution in [2.75, 3.05) is 19.6 Å². The predicted molar refractivity (Wildman–Crippen MR) is 53.9 cm³/mol. The van der Waals surface area contributed by atoms with Gasteiger partial charge in [-0.05, 0) is 19.5 Å². The van der Waals surface area contributed by atoms with Crippen LogP contribution in [-0.2, 0) is 6.54 Å². The van der Waals surface area contributed by atoms with Gasteiger partial charge in [0.1, 0.15) is 5.76 Å². The first-order chi connectivity index (χ1) is 6.83. The van der Waals surface area contributed by atoms with Crippen LogP contribution in [-0.4, -0.2) is 29.7 Å². The minimum atomic E-state index is 0.466. The van der Waals surface area contributed by atoms with Crippen molar-refractivity contribution >= 4 is 0 Å². The van der Waals surface area contributed by atoms with Gasteiger partial charge in [-0.3, -0.25) is 0 Å². The molecule has 2 N–H and O–H groups in total. The standard InChI is InChI=1S/C10H17N3O/c1-2-13-4-3-8(7-13)10-5-9(6-11)12-14-10/h5,8H,2-4,6-7,11H2,1H3. The van der Waals surface area contributed by atoms with Crippen LogP contribution in [0, 0.1) is 0 Å². The molecule has 0 saturated carbocycles. The van der Waals surface area contributed by atoms with Gasteiger partial charge >= 0.3 is 0 Å². The Morgan fingerprint density at radius 3 is 3.14 bits per heavy atom.